The van der Waals surface area contributed by atoms with Crippen LogP contribution in [0.3, 0.4) is 0 Å². The summed E-state index contributed by atoms with van der Waals surface area (Å²) >= 11 is 0. The zero-order valence-corrected chi connectivity index (χ0v) is 13.9. The molecule has 2 heterocycles. The number of aryl methyl sites for hydroxylation is 1. The zero-order chi connectivity index (χ0) is 17.6. The monoisotopic (exact) mass is 336 g/mol. The molecule has 7 heteroatoms. The lowest BCUT2D eigenvalue weighted by Gasteiger charge is -2.08. The third kappa shape index (κ3) is 4.02. The van der Waals surface area contributed by atoms with Crippen molar-refractivity contribution < 1.29 is 4.79 Å². The van der Waals surface area contributed by atoms with Crippen LogP contribution < -0.4 is 16.4 Å². The van der Waals surface area contributed by atoms with E-state index in [1.165, 1.54) is 0 Å². The Kier molecular flexibility index (Phi) is 5.06. The van der Waals surface area contributed by atoms with Gasteiger partial charge in [-0.25, -0.2) is 9.97 Å². The van der Waals surface area contributed by atoms with E-state index in [4.69, 9.17) is 5.73 Å². The van der Waals surface area contributed by atoms with E-state index >= 15 is 0 Å². The molecule has 25 heavy (non-hydrogen) atoms. The van der Waals surface area contributed by atoms with Crippen molar-refractivity contribution in [3.05, 3.63) is 60.0 Å². The second kappa shape index (κ2) is 7.59. The lowest BCUT2D eigenvalue weighted by atomic mass is 10.1. The molecule has 0 aliphatic heterocycles. The van der Waals surface area contributed by atoms with Crippen molar-refractivity contribution in [2.75, 3.05) is 18.4 Å². The number of benzene rings is 1. The second-order valence-corrected chi connectivity index (χ2v) is 5.56. The molecule has 5 N–H and O–H groups in total. The van der Waals surface area contributed by atoms with Gasteiger partial charge in [-0.1, -0.05) is 18.2 Å². The minimum absolute atomic E-state index is 0.189. The van der Waals surface area contributed by atoms with E-state index in [1.54, 1.807) is 18.5 Å². The Morgan fingerprint density at radius 2 is 2.08 bits per heavy atom. The molecular weight excluding hydrogens is 316 g/mol. The Morgan fingerprint density at radius 3 is 2.84 bits per heavy atom. The Bertz CT molecular complexity index is 859. The Hall–Kier alpha value is -3.19. The molecule has 2 aromatic heterocycles. The topological polar surface area (TPSA) is 109 Å². The van der Waals surface area contributed by atoms with E-state index in [0.717, 1.165) is 22.5 Å². The molecule has 0 atom stereocenters. The van der Waals surface area contributed by atoms with Gasteiger partial charge in [0, 0.05) is 36.7 Å². The standard InChI is InChI=1S/C18H20N6O/c1-12-10-22-18(23-14-5-3-2-4-6-14)24-16(12)13-9-15(21-11-13)17(25)20-8-7-19/h2-6,9-11,21H,7-8,19H2,1H3,(H,20,25)(H,22,23,24). The zero-order valence-electron chi connectivity index (χ0n) is 13.9. The number of carbonyl (C=O) groups excluding carboxylic acids is 1. The number of hydrogen-bond donors (Lipinski definition) is 4. The largest absolute Gasteiger partial charge is 0.357 e. The predicted molar refractivity (Wildman–Crippen MR) is 97.7 cm³/mol. The van der Waals surface area contributed by atoms with Gasteiger partial charge in [-0.2, -0.15) is 0 Å². The Balaban J connectivity index is 1.83. The maximum Gasteiger partial charge on any atom is 0.267 e. The molecule has 1 amide bonds. The van der Waals surface area contributed by atoms with Crippen LogP contribution in [0.5, 0.6) is 0 Å². The summed E-state index contributed by atoms with van der Waals surface area (Å²) < 4.78 is 0. The van der Waals surface area contributed by atoms with E-state index in [2.05, 4.69) is 25.6 Å². The fourth-order valence-electron chi connectivity index (χ4n) is 2.39. The lowest BCUT2D eigenvalue weighted by molar-refractivity contribution is 0.0950. The molecule has 0 spiro atoms. The SMILES string of the molecule is Cc1cnc(Nc2ccccc2)nc1-c1c[nH]c(C(=O)NCCN)c1. The van der Waals surface area contributed by atoms with Gasteiger partial charge in [0.05, 0.1) is 5.69 Å². The predicted octanol–water partition coefficient (Wildman–Crippen LogP) is 2.21. The number of hydrogen-bond acceptors (Lipinski definition) is 5. The van der Waals surface area contributed by atoms with Crippen LogP contribution in [0.15, 0.2) is 48.8 Å². The summed E-state index contributed by atoms with van der Waals surface area (Å²) in [6.45, 7) is 2.77. The highest BCUT2D eigenvalue weighted by Gasteiger charge is 2.12. The van der Waals surface area contributed by atoms with Gasteiger partial charge in [0.25, 0.3) is 5.91 Å². The summed E-state index contributed by atoms with van der Waals surface area (Å²) in [7, 11) is 0. The fourth-order valence-corrected chi connectivity index (χ4v) is 2.39. The fraction of sp³-hybridized carbons (Fsp3) is 0.167. The first-order valence-corrected chi connectivity index (χ1v) is 8.00. The number of nitrogens with zero attached hydrogens (tertiary/aromatic N) is 2. The van der Waals surface area contributed by atoms with Crippen molar-refractivity contribution in [2.45, 2.75) is 6.92 Å². The number of nitrogens with one attached hydrogen (secondary N) is 3. The van der Waals surface area contributed by atoms with Gasteiger partial charge in [0.15, 0.2) is 0 Å². The molecule has 7 nitrogen and oxygen atoms in total. The number of carbonyl (C=O) groups is 1. The van der Waals surface area contributed by atoms with Crippen molar-refractivity contribution in [3.63, 3.8) is 0 Å². The number of anilines is 2. The number of amides is 1. The summed E-state index contributed by atoms with van der Waals surface area (Å²) in [6, 6.07) is 11.5. The number of rotatable bonds is 6. The Morgan fingerprint density at radius 1 is 1.28 bits per heavy atom. The van der Waals surface area contributed by atoms with Crippen molar-refractivity contribution in [1.82, 2.24) is 20.3 Å². The maximum absolute atomic E-state index is 12.0. The first-order valence-electron chi connectivity index (χ1n) is 8.00. The molecule has 0 unspecified atom stereocenters. The van der Waals surface area contributed by atoms with Crippen LogP contribution in [0.4, 0.5) is 11.6 Å². The number of aromatic nitrogens is 3. The van der Waals surface area contributed by atoms with Crippen LogP contribution in [0.2, 0.25) is 0 Å². The number of H-pyrrole nitrogens is 1. The molecule has 0 radical (unpaired) electrons. The van der Waals surface area contributed by atoms with Crippen LogP contribution in [0.1, 0.15) is 16.1 Å². The van der Waals surface area contributed by atoms with Gasteiger partial charge in [-0.3, -0.25) is 4.79 Å². The third-order valence-corrected chi connectivity index (χ3v) is 3.63. The summed E-state index contributed by atoms with van der Waals surface area (Å²) in [6.07, 6.45) is 3.52. The minimum Gasteiger partial charge on any atom is -0.357 e. The normalized spacial score (nSPS) is 10.5. The average molecular weight is 336 g/mol. The molecule has 3 rings (SSSR count). The van der Waals surface area contributed by atoms with Crippen LogP contribution in [0, 0.1) is 6.92 Å². The molecule has 0 bridgehead atoms. The molecule has 0 saturated heterocycles. The van der Waals surface area contributed by atoms with Gasteiger partial charge in [-0.15, -0.1) is 0 Å². The van der Waals surface area contributed by atoms with Gasteiger partial charge < -0.3 is 21.4 Å². The highest BCUT2D eigenvalue weighted by Crippen LogP contribution is 2.23. The van der Waals surface area contributed by atoms with E-state index < -0.39 is 0 Å². The summed E-state index contributed by atoms with van der Waals surface area (Å²) in [5, 5.41) is 5.90. The first kappa shape index (κ1) is 16.7. The highest BCUT2D eigenvalue weighted by molar-refractivity contribution is 5.93. The molecule has 0 fully saturated rings. The number of para-hydroxylation sites is 1. The van der Waals surface area contributed by atoms with Crippen LogP contribution in [-0.4, -0.2) is 33.9 Å². The number of aromatic amines is 1. The lowest BCUT2D eigenvalue weighted by Crippen LogP contribution is -2.29. The van der Waals surface area contributed by atoms with Crippen molar-refractivity contribution >= 4 is 17.5 Å². The van der Waals surface area contributed by atoms with E-state index in [-0.39, 0.29) is 5.91 Å². The quantitative estimate of drug-likeness (QED) is 0.552. The third-order valence-electron chi connectivity index (χ3n) is 3.63. The van der Waals surface area contributed by atoms with Crippen molar-refractivity contribution in [2.24, 2.45) is 5.73 Å². The smallest absolute Gasteiger partial charge is 0.267 e. The van der Waals surface area contributed by atoms with E-state index in [1.807, 2.05) is 37.3 Å². The molecule has 3 aromatic rings. The van der Waals surface area contributed by atoms with Crippen molar-refractivity contribution in [1.29, 1.82) is 0 Å². The minimum atomic E-state index is -0.189. The number of nitrogens with two attached hydrogens (primary N) is 1. The molecule has 0 aliphatic rings. The van der Waals surface area contributed by atoms with Gasteiger partial charge >= 0.3 is 0 Å². The second-order valence-electron chi connectivity index (χ2n) is 5.56. The van der Waals surface area contributed by atoms with Crippen LogP contribution in [-0.2, 0) is 0 Å². The van der Waals surface area contributed by atoms with Crippen LogP contribution in [0.25, 0.3) is 11.3 Å². The summed E-state index contributed by atoms with van der Waals surface area (Å²) in [5.74, 6) is 0.313. The summed E-state index contributed by atoms with van der Waals surface area (Å²) in [5.41, 5.74) is 9.30. The Labute approximate surface area is 145 Å². The first-order chi connectivity index (χ1) is 12.2. The maximum atomic E-state index is 12.0. The van der Waals surface area contributed by atoms with Crippen LogP contribution >= 0.6 is 0 Å². The van der Waals surface area contributed by atoms with Gasteiger partial charge in [0.2, 0.25) is 5.95 Å². The molecule has 0 saturated carbocycles. The average Bonchev–Trinajstić information content (AvgIpc) is 3.12. The highest BCUT2D eigenvalue weighted by atomic mass is 16.1. The van der Waals surface area contributed by atoms with Gasteiger partial charge in [-0.05, 0) is 30.7 Å². The van der Waals surface area contributed by atoms with E-state index in [9.17, 15) is 4.79 Å². The van der Waals surface area contributed by atoms with Crippen molar-refractivity contribution in [3.8, 4) is 11.3 Å². The molecule has 0 aliphatic carbocycles. The molecular formula is C18H20N6O. The summed E-state index contributed by atoms with van der Waals surface area (Å²) in [4.78, 5) is 23.9. The molecule has 128 valence electrons. The van der Waals surface area contributed by atoms with E-state index in [0.29, 0.717) is 24.7 Å². The molecule has 1 aromatic carbocycles. The van der Waals surface area contributed by atoms with Gasteiger partial charge in [0.1, 0.15) is 5.69 Å².